The summed E-state index contributed by atoms with van der Waals surface area (Å²) in [7, 11) is -3.73. The van der Waals surface area contributed by atoms with Crippen molar-refractivity contribution in [3.63, 3.8) is 0 Å². The fourth-order valence-corrected chi connectivity index (χ4v) is 8.51. The molecule has 1 saturated heterocycles. The second-order valence-corrected chi connectivity index (χ2v) is 13.4. The van der Waals surface area contributed by atoms with E-state index in [4.69, 9.17) is 0 Å². The highest BCUT2D eigenvalue weighted by Gasteiger charge is 2.38. The zero-order chi connectivity index (χ0) is 26.8. The summed E-state index contributed by atoms with van der Waals surface area (Å²) in [6.07, 6.45) is 8.14. The Morgan fingerprint density at radius 1 is 0.842 bits per heavy atom. The van der Waals surface area contributed by atoms with Crippen LogP contribution in [-0.2, 0) is 27.7 Å². The van der Waals surface area contributed by atoms with Gasteiger partial charge in [-0.25, -0.2) is 8.42 Å². The van der Waals surface area contributed by atoms with Crippen molar-refractivity contribution >= 4 is 26.9 Å². The standard InChI is InChI=1S/C32H39NO3S2/c1-26-14-8-9-24-31(26)38(35,36)33-25-11-10-23-30(33)32(34)37-29(21-12-19-27-15-4-2-5-16-27)22-13-20-28-17-6-3-7-18-28/h2-9,14-18,24,29-30H,10-13,19-23,25H2,1H3. The number of sulfonamides is 1. The summed E-state index contributed by atoms with van der Waals surface area (Å²) in [6, 6.07) is 27.4. The highest BCUT2D eigenvalue weighted by molar-refractivity contribution is 8.14. The fourth-order valence-electron chi connectivity index (χ4n) is 5.26. The van der Waals surface area contributed by atoms with Gasteiger partial charge in [-0.3, -0.25) is 4.79 Å². The number of rotatable bonds is 12. The number of hydrogen-bond donors (Lipinski definition) is 0. The molecule has 0 aliphatic carbocycles. The second kappa shape index (κ2) is 14.1. The summed E-state index contributed by atoms with van der Waals surface area (Å²) in [4.78, 5) is 14.0. The highest BCUT2D eigenvalue weighted by Crippen LogP contribution is 2.33. The number of carbonyl (C=O) groups is 1. The molecule has 6 heteroatoms. The molecule has 0 amide bonds. The Morgan fingerprint density at radius 3 is 1.97 bits per heavy atom. The number of thioether (sulfide) groups is 1. The number of piperidine rings is 1. The van der Waals surface area contributed by atoms with Crippen molar-refractivity contribution in [2.24, 2.45) is 0 Å². The Labute approximate surface area is 232 Å². The lowest BCUT2D eigenvalue weighted by Gasteiger charge is -2.34. The first-order chi connectivity index (χ1) is 18.4. The van der Waals surface area contributed by atoms with E-state index in [1.165, 1.54) is 27.2 Å². The molecule has 0 bridgehead atoms. The molecule has 0 N–H and O–H groups in total. The van der Waals surface area contributed by atoms with Crippen LogP contribution in [-0.4, -0.2) is 35.7 Å². The average molecular weight is 550 g/mol. The Hall–Kier alpha value is -2.41. The molecule has 1 unspecified atom stereocenters. The van der Waals surface area contributed by atoms with Gasteiger partial charge in [-0.2, -0.15) is 4.31 Å². The summed E-state index contributed by atoms with van der Waals surface area (Å²) >= 11 is 1.40. The van der Waals surface area contributed by atoms with E-state index in [2.05, 4.69) is 48.5 Å². The monoisotopic (exact) mass is 549 g/mol. The van der Waals surface area contributed by atoms with Crippen LogP contribution in [0.15, 0.2) is 89.8 Å². The summed E-state index contributed by atoms with van der Waals surface area (Å²) in [5.41, 5.74) is 3.35. The van der Waals surface area contributed by atoms with E-state index in [0.717, 1.165) is 56.9 Å². The normalized spacial score (nSPS) is 16.5. The molecule has 1 fully saturated rings. The molecule has 4 nitrogen and oxygen atoms in total. The largest absolute Gasteiger partial charge is 0.285 e. The number of carbonyl (C=O) groups excluding carboxylic acids is 1. The summed E-state index contributed by atoms with van der Waals surface area (Å²) in [5.74, 6) is 0. The maximum Gasteiger partial charge on any atom is 0.244 e. The minimum Gasteiger partial charge on any atom is -0.285 e. The lowest BCUT2D eigenvalue weighted by Crippen LogP contribution is -2.47. The minimum absolute atomic E-state index is 0.00582. The van der Waals surface area contributed by atoms with Crippen LogP contribution >= 0.6 is 11.8 Å². The van der Waals surface area contributed by atoms with E-state index in [1.807, 2.05) is 31.2 Å². The first kappa shape index (κ1) is 28.6. The van der Waals surface area contributed by atoms with Crippen molar-refractivity contribution in [3.05, 3.63) is 102 Å². The molecule has 1 aliphatic heterocycles. The molecule has 3 aromatic carbocycles. The van der Waals surface area contributed by atoms with E-state index in [1.54, 1.807) is 12.1 Å². The zero-order valence-electron chi connectivity index (χ0n) is 22.3. The molecule has 4 rings (SSSR count). The lowest BCUT2D eigenvalue weighted by molar-refractivity contribution is -0.115. The summed E-state index contributed by atoms with van der Waals surface area (Å²) < 4.78 is 28.7. The SMILES string of the molecule is Cc1ccccc1S(=O)(=O)N1CCCCC1C(=O)SC(CCCc1ccccc1)CCCc1ccccc1. The third-order valence-corrected chi connectivity index (χ3v) is 10.7. The first-order valence-electron chi connectivity index (χ1n) is 13.8. The number of hydrogen-bond acceptors (Lipinski definition) is 4. The summed E-state index contributed by atoms with van der Waals surface area (Å²) in [6.45, 7) is 2.22. The molecule has 1 heterocycles. The van der Waals surface area contributed by atoms with E-state index in [0.29, 0.717) is 17.9 Å². The van der Waals surface area contributed by atoms with Crippen LogP contribution in [0.25, 0.3) is 0 Å². The van der Waals surface area contributed by atoms with Crippen LogP contribution in [0.1, 0.15) is 61.6 Å². The van der Waals surface area contributed by atoms with Crippen molar-refractivity contribution < 1.29 is 13.2 Å². The molecule has 38 heavy (non-hydrogen) atoms. The first-order valence-corrected chi connectivity index (χ1v) is 16.1. The van der Waals surface area contributed by atoms with Crippen LogP contribution in [0.2, 0.25) is 0 Å². The fraction of sp³-hybridized carbons (Fsp3) is 0.406. The maximum absolute atomic E-state index is 13.7. The van der Waals surface area contributed by atoms with E-state index >= 15 is 0 Å². The zero-order valence-corrected chi connectivity index (χ0v) is 23.9. The molecule has 1 atom stereocenters. The average Bonchev–Trinajstić information content (AvgIpc) is 2.94. The van der Waals surface area contributed by atoms with Gasteiger partial charge in [0.15, 0.2) is 0 Å². The van der Waals surface area contributed by atoms with Crippen LogP contribution in [0.3, 0.4) is 0 Å². The predicted molar refractivity (Wildman–Crippen MR) is 158 cm³/mol. The topological polar surface area (TPSA) is 54.5 Å². The van der Waals surface area contributed by atoms with Crippen molar-refractivity contribution in [3.8, 4) is 0 Å². The molecule has 3 aromatic rings. The molecule has 202 valence electrons. The quantitative estimate of drug-likeness (QED) is 0.239. The lowest BCUT2D eigenvalue weighted by atomic mass is 10.0. The van der Waals surface area contributed by atoms with E-state index in [-0.39, 0.29) is 10.4 Å². The Bertz CT molecular complexity index is 1220. The molecular formula is C32H39NO3S2. The van der Waals surface area contributed by atoms with Crippen molar-refractivity contribution in [1.82, 2.24) is 4.31 Å². The molecule has 0 radical (unpaired) electrons. The van der Waals surface area contributed by atoms with Gasteiger partial charge in [-0.1, -0.05) is 97.0 Å². The summed E-state index contributed by atoms with van der Waals surface area (Å²) in [5, 5.41) is 0.186. The van der Waals surface area contributed by atoms with Crippen LogP contribution in [0.5, 0.6) is 0 Å². The van der Waals surface area contributed by atoms with Gasteiger partial charge in [0.1, 0.15) is 0 Å². The van der Waals surface area contributed by atoms with Crippen LogP contribution in [0, 0.1) is 6.92 Å². The number of nitrogens with zero attached hydrogens (tertiary/aromatic N) is 1. The smallest absolute Gasteiger partial charge is 0.244 e. The molecule has 0 saturated carbocycles. The maximum atomic E-state index is 13.7. The van der Waals surface area contributed by atoms with Gasteiger partial charge < -0.3 is 0 Å². The van der Waals surface area contributed by atoms with Gasteiger partial charge in [0.2, 0.25) is 15.1 Å². The van der Waals surface area contributed by atoms with E-state index in [9.17, 15) is 13.2 Å². The van der Waals surface area contributed by atoms with Gasteiger partial charge in [0.25, 0.3) is 0 Å². The van der Waals surface area contributed by atoms with Crippen LogP contribution in [0.4, 0.5) is 0 Å². The molecule has 0 aromatic heterocycles. The van der Waals surface area contributed by atoms with Crippen molar-refractivity contribution in [2.75, 3.05) is 6.54 Å². The van der Waals surface area contributed by atoms with Crippen molar-refractivity contribution in [2.45, 2.75) is 80.9 Å². The Balaban J connectivity index is 1.44. The Morgan fingerprint density at radius 2 is 1.39 bits per heavy atom. The third kappa shape index (κ3) is 7.81. The predicted octanol–water partition coefficient (Wildman–Crippen LogP) is 7.21. The van der Waals surface area contributed by atoms with Crippen LogP contribution < -0.4 is 0 Å². The highest BCUT2D eigenvalue weighted by atomic mass is 32.2. The molecule has 1 aliphatic rings. The van der Waals surface area contributed by atoms with Gasteiger partial charge in [-0.05, 0) is 81.0 Å². The third-order valence-electron chi connectivity index (χ3n) is 7.36. The van der Waals surface area contributed by atoms with Gasteiger partial charge >= 0.3 is 0 Å². The van der Waals surface area contributed by atoms with Gasteiger partial charge in [-0.15, -0.1) is 0 Å². The molecular weight excluding hydrogens is 510 g/mol. The van der Waals surface area contributed by atoms with E-state index < -0.39 is 16.1 Å². The molecule has 0 spiro atoms. The second-order valence-electron chi connectivity index (χ2n) is 10.2. The number of benzene rings is 3. The minimum atomic E-state index is -3.73. The number of aryl methyl sites for hydroxylation is 3. The van der Waals surface area contributed by atoms with Crippen molar-refractivity contribution in [1.29, 1.82) is 0 Å². The van der Waals surface area contributed by atoms with Gasteiger partial charge in [0.05, 0.1) is 10.9 Å². The van der Waals surface area contributed by atoms with Gasteiger partial charge in [0, 0.05) is 11.8 Å². The Kier molecular flexibility index (Phi) is 10.6.